The first kappa shape index (κ1) is 12.8. The van der Waals surface area contributed by atoms with Crippen molar-refractivity contribution in [3.8, 4) is 0 Å². The van der Waals surface area contributed by atoms with E-state index < -0.39 is 0 Å². The summed E-state index contributed by atoms with van der Waals surface area (Å²) in [5.41, 5.74) is 9.60. The number of rotatable bonds is 4. The summed E-state index contributed by atoms with van der Waals surface area (Å²) < 4.78 is 0. The van der Waals surface area contributed by atoms with Crippen molar-refractivity contribution >= 4 is 11.4 Å². The average Bonchev–Trinajstić information content (AvgIpc) is 3.23. The van der Waals surface area contributed by atoms with Crippen LogP contribution in [0.1, 0.15) is 24.3 Å². The van der Waals surface area contributed by atoms with Crippen molar-refractivity contribution in [1.29, 1.82) is 0 Å². The molecule has 0 aromatic heterocycles. The van der Waals surface area contributed by atoms with Gasteiger partial charge in [-0.05, 0) is 42.5 Å². The molecule has 1 aliphatic heterocycles. The third kappa shape index (κ3) is 3.01. The van der Waals surface area contributed by atoms with Crippen molar-refractivity contribution in [1.82, 2.24) is 4.90 Å². The van der Waals surface area contributed by atoms with Gasteiger partial charge in [0.05, 0.1) is 6.61 Å². The van der Waals surface area contributed by atoms with Crippen molar-refractivity contribution in [2.75, 3.05) is 50.0 Å². The second-order valence-electron chi connectivity index (χ2n) is 5.68. The maximum absolute atomic E-state index is 8.97. The number of anilines is 2. The molecule has 0 atom stereocenters. The zero-order valence-electron chi connectivity index (χ0n) is 11.4. The number of β-amino-alcohol motifs (C(OH)–C–C–N with tert-alkyl or cyclic N) is 1. The quantitative estimate of drug-likeness (QED) is 0.801. The Bertz CT molecular complexity index is 437. The van der Waals surface area contributed by atoms with Crippen LogP contribution in [0.3, 0.4) is 0 Å². The zero-order valence-corrected chi connectivity index (χ0v) is 11.4. The molecule has 0 unspecified atom stereocenters. The van der Waals surface area contributed by atoms with Crippen molar-refractivity contribution in [3.63, 3.8) is 0 Å². The molecule has 4 nitrogen and oxygen atoms in total. The van der Waals surface area contributed by atoms with Gasteiger partial charge in [-0.25, -0.2) is 0 Å². The number of aliphatic hydroxyl groups excluding tert-OH is 1. The van der Waals surface area contributed by atoms with Gasteiger partial charge < -0.3 is 15.7 Å². The van der Waals surface area contributed by atoms with Crippen molar-refractivity contribution in [2.45, 2.75) is 18.8 Å². The van der Waals surface area contributed by atoms with Gasteiger partial charge in [0.15, 0.2) is 0 Å². The summed E-state index contributed by atoms with van der Waals surface area (Å²) in [4.78, 5) is 4.72. The third-order valence-corrected chi connectivity index (χ3v) is 4.16. The number of nitrogens with two attached hydrogens (primary N) is 1. The number of piperazine rings is 1. The summed E-state index contributed by atoms with van der Waals surface area (Å²) in [5.74, 6) is 0.748. The normalized spacial score (nSPS) is 20.8. The molecule has 1 aromatic carbocycles. The van der Waals surface area contributed by atoms with Gasteiger partial charge in [-0.15, -0.1) is 0 Å². The molecule has 3 rings (SSSR count). The fourth-order valence-corrected chi connectivity index (χ4v) is 2.87. The maximum Gasteiger partial charge on any atom is 0.0558 e. The van der Waals surface area contributed by atoms with Crippen molar-refractivity contribution < 1.29 is 5.11 Å². The fourth-order valence-electron chi connectivity index (χ4n) is 2.87. The number of aliphatic hydroxyl groups is 1. The van der Waals surface area contributed by atoms with Crippen LogP contribution in [0.15, 0.2) is 18.2 Å². The zero-order chi connectivity index (χ0) is 13.2. The molecule has 19 heavy (non-hydrogen) atoms. The van der Waals surface area contributed by atoms with Crippen LogP contribution < -0.4 is 10.6 Å². The predicted octanol–water partition coefficient (Wildman–Crippen LogP) is 1.26. The Balaban J connectivity index is 1.69. The van der Waals surface area contributed by atoms with Gasteiger partial charge in [-0.1, -0.05) is 0 Å². The second-order valence-corrected chi connectivity index (χ2v) is 5.68. The Morgan fingerprint density at radius 3 is 2.47 bits per heavy atom. The molecule has 0 bridgehead atoms. The van der Waals surface area contributed by atoms with Crippen LogP contribution >= 0.6 is 0 Å². The summed E-state index contributed by atoms with van der Waals surface area (Å²) >= 11 is 0. The van der Waals surface area contributed by atoms with Crippen LogP contribution in [-0.2, 0) is 0 Å². The van der Waals surface area contributed by atoms with Gasteiger partial charge in [-0.2, -0.15) is 0 Å². The smallest absolute Gasteiger partial charge is 0.0558 e. The van der Waals surface area contributed by atoms with E-state index in [9.17, 15) is 0 Å². The van der Waals surface area contributed by atoms with Gasteiger partial charge in [0.2, 0.25) is 0 Å². The van der Waals surface area contributed by atoms with Crippen LogP contribution in [0.5, 0.6) is 0 Å². The molecule has 1 saturated carbocycles. The monoisotopic (exact) mass is 261 g/mol. The summed E-state index contributed by atoms with van der Waals surface area (Å²) in [6.45, 7) is 5.13. The van der Waals surface area contributed by atoms with Crippen LogP contribution in [0.4, 0.5) is 11.4 Å². The van der Waals surface area contributed by atoms with E-state index in [2.05, 4.69) is 28.0 Å². The lowest BCUT2D eigenvalue weighted by atomic mass is 10.1. The molecule has 2 aliphatic rings. The number of hydrogen-bond acceptors (Lipinski definition) is 4. The first-order valence-corrected chi connectivity index (χ1v) is 7.25. The Morgan fingerprint density at radius 1 is 1.11 bits per heavy atom. The van der Waals surface area contributed by atoms with Gasteiger partial charge >= 0.3 is 0 Å². The number of nitrogens with zero attached hydrogens (tertiary/aromatic N) is 2. The molecule has 0 amide bonds. The molecule has 0 radical (unpaired) electrons. The summed E-state index contributed by atoms with van der Waals surface area (Å²) in [6, 6.07) is 6.53. The van der Waals surface area contributed by atoms with E-state index in [1.54, 1.807) is 0 Å². The molecule has 4 heteroatoms. The minimum atomic E-state index is 0.254. The van der Waals surface area contributed by atoms with Gasteiger partial charge in [0, 0.05) is 44.1 Å². The number of hydrogen-bond donors (Lipinski definition) is 2. The summed E-state index contributed by atoms with van der Waals surface area (Å²) in [5, 5.41) is 8.97. The van der Waals surface area contributed by atoms with Crippen LogP contribution in [0, 0.1) is 0 Å². The minimum absolute atomic E-state index is 0.254. The topological polar surface area (TPSA) is 52.7 Å². The molecule has 0 spiro atoms. The molecular weight excluding hydrogens is 238 g/mol. The van der Waals surface area contributed by atoms with Gasteiger partial charge in [-0.3, -0.25) is 4.90 Å². The Kier molecular flexibility index (Phi) is 3.62. The lowest BCUT2D eigenvalue weighted by Gasteiger charge is -2.36. The first-order valence-electron chi connectivity index (χ1n) is 7.25. The highest BCUT2D eigenvalue weighted by atomic mass is 16.3. The van der Waals surface area contributed by atoms with E-state index in [0.29, 0.717) is 0 Å². The highest BCUT2D eigenvalue weighted by Gasteiger charge is 2.25. The summed E-state index contributed by atoms with van der Waals surface area (Å²) in [7, 11) is 0. The van der Waals surface area contributed by atoms with Crippen LogP contribution in [-0.4, -0.2) is 49.3 Å². The highest BCUT2D eigenvalue weighted by molar-refractivity contribution is 5.59. The van der Waals surface area contributed by atoms with E-state index >= 15 is 0 Å². The van der Waals surface area contributed by atoms with Gasteiger partial charge in [0.1, 0.15) is 0 Å². The van der Waals surface area contributed by atoms with E-state index in [1.165, 1.54) is 24.1 Å². The van der Waals surface area contributed by atoms with Crippen LogP contribution in [0.2, 0.25) is 0 Å². The maximum atomic E-state index is 8.97. The molecule has 3 N–H and O–H groups in total. The van der Waals surface area contributed by atoms with Crippen molar-refractivity contribution in [3.05, 3.63) is 23.8 Å². The molecule has 1 heterocycles. The molecule has 104 valence electrons. The number of benzene rings is 1. The fraction of sp³-hybridized carbons (Fsp3) is 0.600. The third-order valence-electron chi connectivity index (χ3n) is 4.16. The molecular formula is C15H23N3O. The SMILES string of the molecule is Nc1cc(C2CC2)cc(N2CCN(CCO)CC2)c1. The van der Waals surface area contributed by atoms with E-state index in [-0.39, 0.29) is 6.61 Å². The molecule has 1 saturated heterocycles. The van der Waals surface area contributed by atoms with E-state index in [1.807, 2.05) is 0 Å². The lowest BCUT2D eigenvalue weighted by Crippen LogP contribution is -2.47. The predicted molar refractivity (Wildman–Crippen MR) is 78.6 cm³/mol. The molecule has 1 aliphatic carbocycles. The Hall–Kier alpha value is -1.26. The highest BCUT2D eigenvalue weighted by Crippen LogP contribution is 2.42. The minimum Gasteiger partial charge on any atom is -0.399 e. The van der Waals surface area contributed by atoms with Crippen LogP contribution in [0.25, 0.3) is 0 Å². The van der Waals surface area contributed by atoms with Gasteiger partial charge in [0.25, 0.3) is 0 Å². The first-order chi connectivity index (χ1) is 9.26. The second kappa shape index (κ2) is 5.39. The Morgan fingerprint density at radius 2 is 1.84 bits per heavy atom. The Labute approximate surface area is 114 Å². The average molecular weight is 261 g/mol. The lowest BCUT2D eigenvalue weighted by molar-refractivity contribution is 0.189. The summed E-state index contributed by atoms with van der Waals surface area (Å²) in [6.07, 6.45) is 2.63. The molecule has 1 aromatic rings. The largest absolute Gasteiger partial charge is 0.399 e. The van der Waals surface area contributed by atoms with E-state index in [4.69, 9.17) is 10.8 Å². The van der Waals surface area contributed by atoms with Crippen molar-refractivity contribution in [2.24, 2.45) is 0 Å². The standard InChI is InChI=1S/C15H23N3O/c16-14-9-13(12-1-2-12)10-15(11-14)18-5-3-17(4-6-18)7-8-19/h9-12,19H,1-8,16H2. The van der Waals surface area contributed by atoms with E-state index in [0.717, 1.165) is 44.3 Å². The number of nitrogen functional groups attached to an aromatic ring is 1. The molecule has 2 fully saturated rings.